The number of nitriles is 1. The summed E-state index contributed by atoms with van der Waals surface area (Å²) in [5.74, 6) is -3.64. The van der Waals surface area contributed by atoms with Crippen molar-refractivity contribution >= 4 is 29.6 Å². The molecule has 0 aromatic heterocycles. The number of nitrogens with one attached hydrogen (secondary N) is 3. The first-order valence-corrected chi connectivity index (χ1v) is 14.2. The molecule has 2 aromatic carbocycles. The van der Waals surface area contributed by atoms with Crippen LogP contribution in [0.4, 0.5) is 10.5 Å². The molecule has 2 aliphatic rings. The quantitative estimate of drug-likeness (QED) is 0.209. The van der Waals surface area contributed by atoms with Gasteiger partial charge in [-0.3, -0.25) is 9.59 Å². The zero-order valence-corrected chi connectivity index (χ0v) is 26.6. The molecule has 0 spiro atoms. The number of rotatable bonds is 4. The summed E-state index contributed by atoms with van der Waals surface area (Å²) in [6.45, 7) is 9.62. The van der Waals surface area contributed by atoms with Gasteiger partial charge in [0.05, 0.1) is 25.3 Å². The molecule has 15 nitrogen and oxygen atoms in total. The maximum absolute atomic E-state index is 13.6. The molecular weight excluding hydrogens is 602 g/mol. The summed E-state index contributed by atoms with van der Waals surface area (Å²) in [5.41, 5.74) is 4.33. The van der Waals surface area contributed by atoms with Crippen molar-refractivity contribution in [3.8, 4) is 29.1 Å². The number of fused-ring (bicyclic) bond motifs is 9. The summed E-state index contributed by atoms with van der Waals surface area (Å²) < 4.78 is 22.0. The van der Waals surface area contributed by atoms with Crippen molar-refractivity contribution in [2.45, 2.75) is 83.4 Å². The summed E-state index contributed by atoms with van der Waals surface area (Å²) >= 11 is 0. The molecular formula is C31H39N5O10. The predicted octanol–water partition coefficient (Wildman–Crippen LogP) is 2.61. The number of ether oxygens (including phenoxy) is 4. The Balaban J connectivity index is 2.23. The Morgan fingerprint density at radius 3 is 2.22 bits per heavy atom. The second kappa shape index (κ2) is 13.8. The Bertz CT molecular complexity index is 1540. The number of alkyl carbamates (subject to hydrolysis) is 1. The van der Waals surface area contributed by atoms with Gasteiger partial charge in [-0.05, 0) is 76.9 Å². The van der Waals surface area contributed by atoms with Gasteiger partial charge >= 0.3 is 12.1 Å². The van der Waals surface area contributed by atoms with Crippen molar-refractivity contribution in [3.63, 3.8) is 0 Å². The van der Waals surface area contributed by atoms with E-state index in [1.165, 1.54) is 31.4 Å². The maximum atomic E-state index is 13.6. The van der Waals surface area contributed by atoms with Gasteiger partial charge in [-0.25, -0.2) is 9.59 Å². The van der Waals surface area contributed by atoms with E-state index in [0.717, 1.165) is 6.07 Å². The van der Waals surface area contributed by atoms with Crippen LogP contribution in [0.1, 0.15) is 71.2 Å². The van der Waals surface area contributed by atoms with E-state index < -0.39 is 71.5 Å². The third-order valence-electron chi connectivity index (χ3n) is 6.32. The number of hydrogen-bond acceptors (Lipinski definition) is 12. The number of hydrogen-bond donors (Lipinski definition) is 6. The van der Waals surface area contributed by atoms with Gasteiger partial charge in [0.1, 0.15) is 29.4 Å². The zero-order valence-electron chi connectivity index (χ0n) is 26.6. The van der Waals surface area contributed by atoms with Gasteiger partial charge in [-0.1, -0.05) is 6.07 Å². The Labute approximate surface area is 265 Å². The Morgan fingerprint density at radius 1 is 1.00 bits per heavy atom. The number of carbonyl (C=O) groups excluding carboxylic acids is 4. The number of benzene rings is 2. The molecule has 248 valence electrons. The molecule has 0 fully saturated rings. The second-order valence-corrected chi connectivity index (χ2v) is 12.4. The Hall–Kier alpha value is -5.23. The fourth-order valence-corrected chi connectivity index (χ4v) is 4.38. The van der Waals surface area contributed by atoms with Crippen LogP contribution < -0.4 is 31.2 Å². The number of methoxy groups -OCH3 is 1. The average Bonchev–Trinajstić information content (AvgIpc) is 2.92. The van der Waals surface area contributed by atoms with E-state index in [1.807, 2.05) is 0 Å². The number of nitrogen functional groups attached to an aromatic ring is 1. The number of anilines is 1. The summed E-state index contributed by atoms with van der Waals surface area (Å²) in [5, 5.41) is 38.7. The highest BCUT2D eigenvalue weighted by Gasteiger charge is 2.37. The normalized spacial score (nSPS) is 20.3. The molecule has 4 rings (SSSR count). The highest BCUT2D eigenvalue weighted by atomic mass is 16.6. The first kappa shape index (κ1) is 35.3. The predicted molar refractivity (Wildman–Crippen MR) is 163 cm³/mol. The van der Waals surface area contributed by atoms with Crippen LogP contribution in [0.2, 0.25) is 0 Å². The van der Waals surface area contributed by atoms with E-state index in [4.69, 9.17) is 24.7 Å². The van der Waals surface area contributed by atoms with Crippen molar-refractivity contribution in [1.29, 1.82) is 5.26 Å². The molecule has 0 unspecified atom stereocenters. The number of carbonyl (C=O) groups is 4. The van der Waals surface area contributed by atoms with Crippen molar-refractivity contribution < 1.29 is 48.3 Å². The largest absolute Gasteiger partial charge is 0.504 e. The topological polar surface area (TPSA) is 232 Å². The first-order valence-electron chi connectivity index (χ1n) is 14.2. The van der Waals surface area contributed by atoms with Crippen molar-refractivity contribution in [3.05, 3.63) is 41.5 Å². The molecule has 2 aliphatic heterocycles. The summed E-state index contributed by atoms with van der Waals surface area (Å²) in [7, 11) is 1.27. The second-order valence-electron chi connectivity index (χ2n) is 12.4. The molecule has 2 aromatic rings. The molecule has 2 heterocycles. The summed E-state index contributed by atoms with van der Waals surface area (Å²) in [6, 6.07) is 3.40. The minimum absolute atomic E-state index is 0.000103. The van der Waals surface area contributed by atoms with Gasteiger partial charge in [-0.2, -0.15) is 5.26 Å². The smallest absolute Gasteiger partial charge is 0.408 e. The summed E-state index contributed by atoms with van der Waals surface area (Å²) in [6.07, 6.45) is -3.36. The lowest BCUT2D eigenvalue weighted by molar-refractivity contribution is -0.159. The number of esters is 1. The van der Waals surface area contributed by atoms with Gasteiger partial charge in [-0.15, -0.1) is 0 Å². The first-order chi connectivity index (χ1) is 21.3. The van der Waals surface area contributed by atoms with E-state index >= 15 is 0 Å². The van der Waals surface area contributed by atoms with Crippen LogP contribution >= 0.6 is 0 Å². The molecule has 0 saturated carbocycles. The Morgan fingerprint density at radius 2 is 1.65 bits per heavy atom. The number of phenols is 1. The number of phenolic OH excluding ortho intramolecular Hbond substituents is 1. The molecule has 15 heteroatoms. The van der Waals surface area contributed by atoms with Crippen molar-refractivity contribution in [2.75, 3.05) is 12.8 Å². The fraction of sp³-hybridized carbons (Fsp3) is 0.452. The molecule has 0 radical (unpaired) electrons. The number of aliphatic hydroxyl groups is 1. The molecule has 3 amide bonds. The van der Waals surface area contributed by atoms with E-state index in [0.29, 0.717) is 0 Å². The van der Waals surface area contributed by atoms with Crippen LogP contribution in [0.3, 0.4) is 0 Å². The number of aromatic hydroxyl groups is 1. The van der Waals surface area contributed by atoms with Crippen molar-refractivity contribution in [2.24, 2.45) is 0 Å². The molecule has 46 heavy (non-hydrogen) atoms. The standard InChI is InChI=1S/C31H39N5O10/c1-30(2,3)45-28(41)22-16-13-19(37)25(43-7)21(14-16)44-20-9-8-15(12-17(20)33)24(38)23(36-29(42)46-31(4,5)6)27(40)34-18(10-11-32)26(39)35-22/h8-9,12-14,18,22-24,37-38H,10,33H2,1-7H3,(H,34,40)(H,35,39)(H,36,42)/t18-,22-,23+,24+/m1/s1. The highest BCUT2D eigenvalue weighted by Crippen LogP contribution is 2.43. The highest BCUT2D eigenvalue weighted by molar-refractivity contribution is 5.94. The molecule has 0 saturated heterocycles. The van der Waals surface area contributed by atoms with Crippen molar-refractivity contribution in [1.82, 2.24) is 16.0 Å². The van der Waals surface area contributed by atoms with Crippen LogP contribution in [-0.4, -0.2) is 64.5 Å². The molecule has 7 N–H and O–H groups in total. The fourth-order valence-electron chi connectivity index (χ4n) is 4.38. The van der Waals surface area contributed by atoms with E-state index in [-0.39, 0.29) is 34.1 Å². The lowest BCUT2D eigenvalue weighted by atomic mass is 9.99. The number of nitrogens with two attached hydrogens (primary N) is 1. The monoisotopic (exact) mass is 641 g/mol. The van der Waals surface area contributed by atoms with E-state index in [1.54, 1.807) is 47.6 Å². The SMILES string of the molecule is COc1c(O)cc2cc1Oc1ccc(cc1N)[C@H](O)[C@H](NC(=O)OC(C)(C)C)C(=O)N[C@H](CC#N)C(=O)N[C@H]2C(=O)OC(C)(C)C. The van der Waals surface area contributed by atoms with Gasteiger partial charge in [0.15, 0.2) is 23.3 Å². The third-order valence-corrected chi connectivity index (χ3v) is 6.32. The van der Waals surface area contributed by atoms with Gasteiger partial charge in [0.25, 0.3) is 0 Å². The van der Waals surface area contributed by atoms with Gasteiger partial charge in [0, 0.05) is 0 Å². The number of aliphatic hydroxyl groups excluding tert-OH is 1. The maximum Gasteiger partial charge on any atom is 0.408 e. The van der Waals surface area contributed by atoms with Crippen LogP contribution in [0.25, 0.3) is 0 Å². The van der Waals surface area contributed by atoms with Crippen LogP contribution in [0.15, 0.2) is 30.3 Å². The number of nitrogens with zero attached hydrogens (tertiary/aromatic N) is 1. The zero-order chi connectivity index (χ0) is 34.6. The van der Waals surface area contributed by atoms with Crippen LogP contribution in [0.5, 0.6) is 23.0 Å². The molecule has 0 aliphatic carbocycles. The van der Waals surface area contributed by atoms with Crippen LogP contribution in [0, 0.1) is 11.3 Å². The number of amides is 3. The minimum Gasteiger partial charge on any atom is -0.504 e. The van der Waals surface area contributed by atoms with E-state index in [9.17, 15) is 34.7 Å². The van der Waals surface area contributed by atoms with Gasteiger partial charge in [0.2, 0.25) is 17.6 Å². The lowest BCUT2D eigenvalue weighted by Crippen LogP contribution is -2.56. The lowest BCUT2D eigenvalue weighted by Gasteiger charge is -2.29. The van der Waals surface area contributed by atoms with E-state index in [2.05, 4.69) is 16.0 Å². The molecule has 4 bridgehead atoms. The average molecular weight is 642 g/mol. The third kappa shape index (κ3) is 8.91. The molecule has 4 atom stereocenters. The van der Waals surface area contributed by atoms with Gasteiger partial charge < -0.3 is 50.8 Å². The van der Waals surface area contributed by atoms with Crippen LogP contribution in [-0.2, 0) is 23.9 Å². The minimum atomic E-state index is -1.74. The Kier molecular flexibility index (Phi) is 10.6. The summed E-state index contributed by atoms with van der Waals surface area (Å²) in [4.78, 5) is 53.3.